The van der Waals surface area contributed by atoms with Crippen LogP contribution in [0.15, 0.2) is 12.4 Å². The van der Waals surface area contributed by atoms with Gasteiger partial charge in [0.05, 0.1) is 22.5 Å². The number of hydrogen-bond acceptors (Lipinski definition) is 3. The summed E-state index contributed by atoms with van der Waals surface area (Å²) in [5.41, 5.74) is 0. The topological polar surface area (TPSA) is 30.3 Å². The molecule has 0 saturated carbocycles. The van der Waals surface area contributed by atoms with Crippen LogP contribution in [0.25, 0.3) is 0 Å². The lowest BCUT2D eigenvalue weighted by Crippen LogP contribution is -2.51. The zero-order chi connectivity index (χ0) is 9.26. The van der Waals surface area contributed by atoms with Gasteiger partial charge >= 0.3 is 0 Å². The van der Waals surface area contributed by atoms with Crippen molar-refractivity contribution < 1.29 is 4.74 Å². The van der Waals surface area contributed by atoms with Gasteiger partial charge in [-0.1, -0.05) is 0 Å². The molecule has 0 N–H and O–H groups in total. The van der Waals surface area contributed by atoms with Gasteiger partial charge in [-0.2, -0.15) is 5.10 Å². The Balaban J connectivity index is 1.81. The normalized spacial score (nSPS) is 18.9. The average molecular weight is 293 g/mol. The van der Waals surface area contributed by atoms with E-state index >= 15 is 0 Å². The van der Waals surface area contributed by atoms with Crippen molar-refractivity contribution in [1.29, 1.82) is 0 Å². The van der Waals surface area contributed by atoms with Gasteiger partial charge in [-0.15, -0.1) is 0 Å². The second-order valence-electron chi connectivity index (χ2n) is 3.23. The Kier molecular flexibility index (Phi) is 2.85. The van der Waals surface area contributed by atoms with Gasteiger partial charge in [0.15, 0.2) is 0 Å². The number of likely N-dealkylation sites (tertiary alicyclic amines) is 1. The maximum Gasteiger partial charge on any atom is 0.0930 e. The highest BCUT2D eigenvalue weighted by Crippen LogP contribution is 2.11. The van der Waals surface area contributed by atoms with E-state index in [1.165, 1.54) is 3.57 Å². The number of aromatic nitrogens is 2. The molecular formula is C8H12IN3O. The monoisotopic (exact) mass is 293 g/mol. The van der Waals surface area contributed by atoms with Crippen molar-refractivity contribution in [2.45, 2.75) is 12.8 Å². The molecule has 0 unspecified atom stereocenters. The van der Waals surface area contributed by atoms with Gasteiger partial charge in [0.2, 0.25) is 0 Å². The molecule has 1 aromatic rings. The van der Waals surface area contributed by atoms with Crippen molar-refractivity contribution in [2.24, 2.45) is 0 Å². The molecule has 2 rings (SSSR count). The zero-order valence-electron chi connectivity index (χ0n) is 7.48. The Morgan fingerprint density at radius 3 is 3.00 bits per heavy atom. The molecule has 1 aliphatic rings. The molecule has 5 heteroatoms. The summed E-state index contributed by atoms with van der Waals surface area (Å²) >= 11 is 2.26. The van der Waals surface area contributed by atoms with Gasteiger partial charge in [0.1, 0.15) is 0 Å². The molecule has 4 nitrogen and oxygen atoms in total. The Hall–Kier alpha value is -0.140. The molecule has 1 aromatic heterocycles. The van der Waals surface area contributed by atoms with Crippen LogP contribution < -0.4 is 0 Å². The number of nitrogens with zero attached hydrogens (tertiary/aromatic N) is 3. The Bertz CT molecular complexity index is 283. The van der Waals surface area contributed by atoms with Crippen LogP contribution in [-0.4, -0.2) is 41.0 Å². The Morgan fingerprint density at radius 1 is 1.69 bits per heavy atom. The van der Waals surface area contributed by atoms with E-state index in [1.54, 1.807) is 7.11 Å². The molecule has 13 heavy (non-hydrogen) atoms. The van der Waals surface area contributed by atoms with Crippen molar-refractivity contribution in [3.8, 4) is 0 Å². The predicted octanol–water partition coefficient (Wildman–Crippen LogP) is 0.776. The highest BCUT2D eigenvalue weighted by molar-refractivity contribution is 14.1. The number of halogens is 1. The van der Waals surface area contributed by atoms with E-state index in [1.807, 2.05) is 17.1 Å². The largest absolute Gasteiger partial charge is 0.379 e. The van der Waals surface area contributed by atoms with Crippen LogP contribution in [0.5, 0.6) is 0 Å². The highest BCUT2D eigenvalue weighted by atomic mass is 127. The summed E-state index contributed by atoms with van der Waals surface area (Å²) in [6.07, 6.45) is 4.34. The fourth-order valence-electron chi connectivity index (χ4n) is 1.41. The van der Waals surface area contributed by atoms with Crippen LogP contribution in [0.2, 0.25) is 0 Å². The summed E-state index contributed by atoms with van der Waals surface area (Å²) < 4.78 is 8.32. The van der Waals surface area contributed by atoms with E-state index in [4.69, 9.17) is 4.74 Å². The molecule has 0 aromatic carbocycles. The van der Waals surface area contributed by atoms with Crippen molar-refractivity contribution in [2.75, 3.05) is 20.2 Å². The molecule has 1 aliphatic heterocycles. The van der Waals surface area contributed by atoms with E-state index in [2.05, 4.69) is 32.6 Å². The summed E-state index contributed by atoms with van der Waals surface area (Å²) in [4.78, 5) is 2.30. The first kappa shape index (κ1) is 9.42. The molecule has 0 radical (unpaired) electrons. The van der Waals surface area contributed by atoms with Crippen LogP contribution in [0.3, 0.4) is 0 Å². The summed E-state index contributed by atoms with van der Waals surface area (Å²) in [6.45, 7) is 2.92. The fourth-order valence-corrected chi connectivity index (χ4v) is 1.85. The third-order valence-corrected chi connectivity index (χ3v) is 2.76. The lowest BCUT2D eigenvalue weighted by Gasteiger charge is -2.37. The lowest BCUT2D eigenvalue weighted by atomic mass is 10.2. The van der Waals surface area contributed by atoms with Crippen LogP contribution in [-0.2, 0) is 11.4 Å². The van der Waals surface area contributed by atoms with Crippen molar-refractivity contribution >= 4 is 22.6 Å². The van der Waals surface area contributed by atoms with Gasteiger partial charge in [0.25, 0.3) is 0 Å². The van der Waals surface area contributed by atoms with Crippen molar-refractivity contribution in [3.05, 3.63) is 16.0 Å². The summed E-state index contributed by atoms with van der Waals surface area (Å²) in [7, 11) is 1.76. The average Bonchev–Trinajstić information content (AvgIpc) is 2.43. The van der Waals surface area contributed by atoms with E-state index in [0.717, 1.165) is 19.8 Å². The standard InChI is InChI=1S/C8H12IN3O/c1-13-8-4-11(5-8)6-12-3-7(9)2-10-12/h2-3,8H,4-6H2,1H3. The van der Waals surface area contributed by atoms with Gasteiger partial charge in [-0.3, -0.25) is 9.58 Å². The third kappa shape index (κ3) is 2.21. The van der Waals surface area contributed by atoms with Gasteiger partial charge in [0, 0.05) is 26.4 Å². The minimum atomic E-state index is 0.426. The number of rotatable bonds is 3. The van der Waals surface area contributed by atoms with Crippen LogP contribution >= 0.6 is 22.6 Å². The summed E-state index contributed by atoms with van der Waals surface area (Å²) in [5.74, 6) is 0. The Morgan fingerprint density at radius 2 is 2.46 bits per heavy atom. The number of methoxy groups -OCH3 is 1. The fraction of sp³-hybridized carbons (Fsp3) is 0.625. The molecule has 0 spiro atoms. The molecule has 0 bridgehead atoms. The maximum absolute atomic E-state index is 5.19. The van der Waals surface area contributed by atoms with Gasteiger partial charge < -0.3 is 4.74 Å². The molecule has 0 amide bonds. The Labute approximate surface area is 91.0 Å². The molecule has 1 saturated heterocycles. The second-order valence-corrected chi connectivity index (χ2v) is 4.48. The zero-order valence-corrected chi connectivity index (χ0v) is 9.64. The third-order valence-electron chi connectivity index (χ3n) is 2.20. The molecule has 0 aliphatic carbocycles. The predicted molar refractivity (Wildman–Crippen MR) is 57.3 cm³/mol. The quantitative estimate of drug-likeness (QED) is 0.771. The second kappa shape index (κ2) is 3.93. The summed E-state index contributed by atoms with van der Waals surface area (Å²) in [5, 5.41) is 4.22. The lowest BCUT2D eigenvalue weighted by molar-refractivity contribution is -0.0458. The molecule has 2 heterocycles. The van der Waals surface area contributed by atoms with Crippen molar-refractivity contribution in [1.82, 2.24) is 14.7 Å². The minimum absolute atomic E-state index is 0.426. The molecule has 0 atom stereocenters. The van der Waals surface area contributed by atoms with E-state index in [9.17, 15) is 0 Å². The summed E-state index contributed by atoms with van der Waals surface area (Å²) in [6, 6.07) is 0. The van der Waals surface area contributed by atoms with E-state index < -0.39 is 0 Å². The highest BCUT2D eigenvalue weighted by Gasteiger charge is 2.26. The van der Waals surface area contributed by atoms with Gasteiger partial charge in [-0.05, 0) is 22.6 Å². The first-order chi connectivity index (χ1) is 6.28. The maximum atomic E-state index is 5.19. The molecular weight excluding hydrogens is 281 g/mol. The first-order valence-electron chi connectivity index (χ1n) is 4.21. The smallest absolute Gasteiger partial charge is 0.0930 e. The van der Waals surface area contributed by atoms with Crippen LogP contribution in [0.1, 0.15) is 0 Å². The van der Waals surface area contributed by atoms with Crippen molar-refractivity contribution in [3.63, 3.8) is 0 Å². The SMILES string of the molecule is COC1CN(Cn2cc(I)cn2)C1. The molecule has 1 fully saturated rings. The molecule has 72 valence electrons. The van der Waals surface area contributed by atoms with Gasteiger partial charge in [-0.25, -0.2) is 0 Å². The van der Waals surface area contributed by atoms with E-state index in [0.29, 0.717) is 6.10 Å². The first-order valence-corrected chi connectivity index (χ1v) is 5.29. The van der Waals surface area contributed by atoms with Crippen LogP contribution in [0.4, 0.5) is 0 Å². The minimum Gasteiger partial charge on any atom is -0.379 e. The number of hydrogen-bond donors (Lipinski definition) is 0. The number of ether oxygens (including phenoxy) is 1. The van der Waals surface area contributed by atoms with Crippen LogP contribution in [0, 0.1) is 3.57 Å². The van der Waals surface area contributed by atoms with E-state index in [-0.39, 0.29) is 0 Å².